The fourth-order valence-corrected chi connectivity index (χ4v) is 3.35. The van der Waals surface area contributed by atoms with Gasteiger partial charge in [-0.25, -0.2) is 8.78 Å². The van der Waals surface area contributed by atoms with E-state index in [1.165, 1.54) is 0 Å². The van der Waals surface area contributed by atoms with Gasteiger partial charge in [0.05, 0.1) is 18.1 Å². The Hall–Kier alpha value is -2.72. The molecule has 1 unspecified atom stereocenters. The number of amides is 1. The Bertz CT molecular complexity index is 821. The lowest BCUT2D eigenvalue weighted by Gasteiger charge is -2.29. The Morgan fingerprint density at radius 2 is 1.82 bits per heavy atom. The van der Waals surface area contributed by atoms with Crippen LogP contribution in [0, 0.1) is 17.6 Å². The molecule has 1 heterocycles. The van der Waals surface area contributed by atoms with E-state index in [2.05, 4.69) is 15.3 Å². The quantitative estimate of drug-likeness (QED) is 0.753. The topological polar surface area (TPSA) is 88.0 Å². The average Bonchev–Trinajstić information content (AvgIpc) is 3.21. The highest BCUT2D eigenvalue weighted by atomic mass is 19.4. The first-order chi connectivity index (χ1) is 13.0. The number of rotatable bonds is 4. The van der Waals surface area contributed by atoms with Crippen LogP contribution in [0.5, 0.6) is 0 Å². The molecule has 0 spiro atoms. The lowest BCUT2D eigenvalue weighted by molar-refractivity contribution is -0.259. The minimum Gasteiger partial charge on any atom is -0.481 e. The van der Waals surface area contributed by atoms with Crippen molar-refractivity contribution in [3.05, 3.63) is 35.4 Å². The summed E-state index contributed by atoms with van der Waals surface area (Å²) in [7, 11) is 0. The van der Waals surface area contributed by atoms with Crippen LogP contribution >= 0.6 is 0 Å². The van der Waals surface area contributed by atoms with Gasteiger partial charge in [0.25, 0.3) is 5.91 Å². The van der Waals surface area contributed by atoms with Crippen molar-refractivity contribution in [2.75, 3.05) is 0 Å². The van der Waals surface area contributed by atoms with Gasteiger partial charge in [0.2, 0.25) is 0 Å². The van der Waals surface area contributed by atoms with Gasteiger partial charge >= 0.3 is 17.7 Å². The number of benzene rings is 1. The fraction of sp³-hybridized carbons (Fsp3) is 0.471. The van der Waals surface area contributed by atoms with Crippen LogP contribution in [0.1, 0.15) is 31.2 Å². The number of carbonyl (C=O) groups excluding carboxylic acids is 1. The second kappa shape index (κ2) is 7.02. The molecule has 0 aromatic heterocycles. The SMILES string of the molecule is O=C(O)[C@H]1CC[C@@H](NC(=O)C2(C(F)(F)F)CC(c3cc(F)cc(F)c3)=NO2)C1. The van der Waals surface area contributed by atoms with Gasteiger partial charge in [-0.2, -0.15) is 13.2 Å². The predicted molar refractivity (Wildman–Crippen MR) is 84.3 cm³/mol. The third-order valence-electron chi connectivity index (χ3n) is 4.87. The number of carbonyl (C=O) groups is 2. The van der Waals surface area contributed by atoms with Crippen molar-refractivity contribution in [1.29, 1.82) is 0 Å². The molecule has 152 valence electrons. The van der Waals surface area contributed by atoms with Crippen molar-refractivity contribution in [3.8, 4) is 0 Å². The van der Waals surface area contributed by atoms with Gasteiger partial charge in [-0.3, -0.25) is 9.59 Å². The first-order valence-corrected chi connectivity index (χ1v) is 8.34. The lowest BCUT2D eigenvalue weighted by atomic mass is 9.92. The summed E-state index contributed by atoms with van der Waals surface area (Å²) in [6, 6.07) is 1.35. The molecule has 1 amide bonds. The van der Waals surface area contributed by atoms with E-state index >= 15 is 0 Å². The molecule has 2 N–H and O–H groups in total. The monoisotopic (exact) mass is 406 g/mol. The van der Waals surface area contributed by atoms with Gasteiger partial charge in [-0.15, -0.1) is 0 Å². The number of nitrogens with zero attached hydrogens (tertiary/aromatic N) is 1. The summed E-state index contributed by atoms with van der Waals surface area (Å²) in [6.07, 6.45) is -5.80. The van der Waals surface area contributed by atoms with Crippen molar-refractivity contribution in [2.45, 2.75) is 43.5 Å². The summed E-state index contributed by atoms with van der Waals surface area (Å²) in [4.78, 5) is 27.9. The third-order valence-corrected chi connectivity index (χ3v) is 4.87. The summed E-state index contributed by atoms with van der Waals surface area (Å²) in [6.45, 7) is 0. The molecule has 2 aliphatic rings. The Kier molecular flexibility index (Phi) is 5.02. The zero-order chi connectivity index (χ0) is 20.7. The van der Waals surface area contributed by atoms with Crippen molar-refractivity contribution >= 4 is 17.6 Å². The van der Waals surface area contributed by atoms with Crippen molar-refractivity contribution in [3.63, 3.8) is 0 Å². The molecule has 0 bridgehead atoms. The Balaban J connectivity index is 1.80. The van der Waals surface area contributed by atoms with E-state index in [9.17, 15) is 31.5 Å². The van der Waals surface area contributed by atoms with Crippen LogP contribution in [0.4, 0.5) is 22.0 Å². The molecule has 1 saturated carbocycles. The number of nitrogens with one attached hydrogen (secondary N) is 1. The van der Waals surface area contributed by atoms with E-state index in [0.717, 1.165) is 12.1 Å². The maximum atomic E-state index is 13.7. The van der Waals surface area contributed by atoms with E-state index in [0.29, 0.717) is 6.07 Å². The lowest BCUT2D eigenvalue weighted by Crippen LogP contribution is -2.58. The van der Waals surface area contributed by atoms with Gasteiger partial charge < -0.3 is 15.3 Å². The highest BCUT2D eigenvalue weighted by Gasteiger charge is 2.66. The molecule has 3 atom stereocenters. The highest BCUT2D eigenvalue weighted by Crippen LogP contribution is 2.42. The summed E-state index contributed by atoms with van der Waals surface area (Å²) in [5.41, 5.74) is -4.06. The normalized spacial score (nSPS) is 27.2. The molecule has 1 aliphatic heterocycles. The van der Waals surface area contributed by atoms with E-state index in [1.807, 2.05) is 0 Å². The number of hydrogen-bond donors (Lipinski definition) is 2. The molecule has 1 aromatic carbocycles. The van der Waals surface area contributed by atoms with Crippen LogP contribution in [-0.4, -0.2) is 40.5 Å². The zero-order valence-corrected chi connectivity index (χ0v) is 14.2. The summed E-state index contributed by atoms with van der Waals surface area (Å²) in [5.74, 6) is -5.39. The molecule has 0 saturated heterocycles. The maximum Gasteiger partial charge on any atom is 0.440 e. The third kappa shape index (κ3) is 3.65. The highest BCUT2D eigenvalue weighted by molar-refractivity contribution is 6.05. The molecule has 6 nitrogen and oxygen atoms in total. The number of carboxylic acid groups (broad SMARTS) is 1. The average molecular weight is 406 g/mol. The molecule has 11 heteroatoms. The number of alkyl halides is 3. The Morgan fingerprint density at radius 1 is 1.18 bits per heavy atom. The molecule has 1 aliphatic carbocycles. The molecule has 28 heavy (non-hydrogen) atoms. The second-order valence-electron chi connectivity index (χ2n) is 6.81. The number of oxime groups is 1. The first kappa shape index (κ1) is 20.0. The number of aliphatic carboxylic acids is 1. The molecule has 1 aromatic rings. The second-order valence-corrected chi connectivity index (χ2v) is 6.81. The predicted octanol–water partition coefficient (Wildman–Crippen LogP) is 2.76. The first-order valence-electron chi connectivity index (χ1n) is 8.34. The van der Waals surface area contributed by atoms with Crippen LogP contribution in [0.3, 0.4) is 0 Å². The van der Waals surface area contributed by atoms with Crippen LogP contribution in [-0.2, 0) is 14.4 Å². The van der Waals surface area contributed by atoms with Gasteiger partial charge in [0.15, 0.2) is 0 Å². The van der Waals surface area contributed by atoms with Crippen LogP contribution in [0.15, 0.2) is 23.4 Å². The molecule has 3 rings (SSSR count). The molecule has 1 fully saturated rings. The van der Waals surface area contributed by atoms with E-state index < -0.39 is 59.4 Å². The fourth-order valence-electron chi connectivity index (χ4n) is 3.35. The largest absolute Gasteiger partial charge is 0.481 e. The minimum absolute atomic E-state index is 0.00215. The molecular weight excluding hydrogens is 391 g/mol. The van der Waals surface area contributed by atoms with E-state index in [1.54, 1.807) is 0 Å². The number of carboxylic acids is 1. The van der Waals surface area contributed by atoms with Crippen LogP contribution < -0.4 is 5.32 Å². The van der Waals surface area contributed by atoms with Crippen molar-refractivity contribution in [1.82, 2.24) is 5.32 Å². The Labute approximate surface area is 155 Å². The maximum absolute atomic E-state index is 13.7. The van der Waals surface area contributed by atoms with Crippen LogP contribution in [0.2, 0.25) is 0 Å². The van der Waals surface area contributed by atoms with Crippen molar-refractivity contribution < 1.29 is 41.5 Å². The standard InChI is InChI=1S/C17H15F5N2O4/c18-10-3-9(4-11(19)6-10)13-7-16(28-24-13,17(20,21)22)15(27)23-12-2-1-8(5-12)14(25)26/h3-4,6,8,12H,1-2,5,7H2,(H,23,27)(H,25,26)/t8-,12+,16?/m0/s1. The van der Waals surface area contributed by atoms with Gasteiger partial charge in [-0.1, -0.05) is 5.16 Å². The molecular formula is C17H15F5N2O4. The summed E-state index contributed by atoms with van der Waals surface area (Å²) in [5, 5.41) is 14.4. The van der Waals surface area contributed by atoms with Gasteiger partial charge in [-0.05, 0) is 31.4 Å². The summed E-state index contributed by atoms with van der Waals surface area (Å²) < 4.78 is 67.8. The van der Waals surface area contributed by atoms with E-state index in [4.69, 9.17) is 5.11 Å². The van der Waals surface area contributed by atoms with Gasteiger partial charge in [0, 0.05) is 17.7 Å². The zero-order valence-electron chi connectivity index (χ0n) is 14.2. The number of hydrogen-bond acceptors (Lipinski definition) is 4. The molecule has 0 radical (unpaired) electrons. The van der Waals surface area contributed by atoms with E-state index in [-0.39, 0.29) is 24.8 Å². The minimum atomic E-state index is -5.17. The van der Waals surface area contributed by atoms with Crippen LogP contribution in [0.25, 0.3) is 0 Å². The van der Waals surface area contributed by atoms with Crippen molar-refractivity contribution in [2.24, 2.45) is 11.1 Å². The smallest absolute Gasteiger partial charge is 0.440 e. The number of halogens is 5. The van der Waals surface area contributed by atoms with Gasteiger partial charge in [0.1, 0.15) is 11.6 Å². The Morgan fingerprint density at radius 3 is 2.36 bits per heavy atom. The summed E-state index contributed by atoms with van der Waals surface area (Å²) >= 11 is 0.